The largest absolute Gasteiger partial charge is 0.493 e. The minimum absolute atomic E-state index is 0.0844. The van der Waals surface area contributed by atoms with Crippen molar-refractivity contribution in [2.75, 3.05) is 6.61 Å². The molecule has 7 heteroatoms. The highest BCUT2D eigenvalue weighted by Crippen LogP contribution is 2.40. The molecular formula is C25H22ClN3O3. The second-order valence-corrected chi connectivity index (χ2v) is 8.04. The molecule has 0 unspecified atom stereocenters. The predicted octanol–water partition coefficient (Wildman–Crippen LogP) is 6.35. The summed E-state index contributed by atoms with van der Waals surface area (Å²) < 4.78 is 7.17. The predicted molar refractivity (Wildman–Crippen MR) is 125 cm³/mol. The van der Waals surface area contributed by atoms with E-state index in [1.54, 1.807) is 28.8 Å². The van der Waals surface area contributed by atoms with E-state index in [-0.39, 0.29) is 18.2 Å². The average Bonchev–Trinajstić information content (AvgIpc) is 3.03. The normalized spacial score (nSPS) is 11.3. The number of hydrogen-bond acceptors (Lipinski definition) is 4. The van der Waals surface area contributed by atoms with Crippen LogP contribution in [-0.2, 0) is 11.3 Å². The van der Waals surface area contributed by atoms with E-state index >= 15 is 0 Å². The number of rotatable bonds is 6. The third-order valence-electron chi connectivity index (χ3n) is 5.08. The third kappa shape index (κ3) is 4.81. The van der Waals surface area contributed by atoms with Crippen molar-refractivity contribution < 1.29 is 14.6 Å². The molecule has 0 spiro atoms. The van der Waals surface area contributed by atoms with Crippen molar-refractivity contribution in [2.24, 2.45) is 10.2 Å². The summed E-state index contributed by atoms with van der Waals surface area (Å²) in [6, 6.07) is 20.7. The van der Waals surface area contributed by atoms with Crippen molar-refractivity contribution in [3.8, 4) is 11.6 Å². The topological polar surface area (TPSA) is 76.2 Å². The Bertz CT molecular complexity index is 1290. The van der Waals surface area contributed by atoms with Crippen LogP contribution in [0.1, 0.15) is 16.7 Å². The Balaban J connectivity index is 1.59. The number of amides is 1. The van der Waals surface area contributed by atoms with Crippen LogP contribution in [-0.4, -0.2) is 22.2 Å². The van der Waals surface area contributed by atoms with Gasteiger partial charge in [-0.25, -0.2) is 0 Å². The van der Waals surface area contributed by atoms with Crippen LogP contribution in [0.4, 0.5) is 5.69 Å². The van der Waals surface area contributed by atoms with E-state index in [0.29, 0.717) is 22.7 Å². The lowest BCUT2D eigenvalue weighted by molar-refractivity contribution is -0.120. The number of aryl methyl sites for hydroxylation is 2. The summed E-state index contributed by atoms with van der Waals surface area (Å²) in [6.07, 6.45) is 0. The summed E-state index contributed by atoms with van der Waals surface area (Å²) in [6.45, 7) is 4.17. The molecule has 0 fully saturated rings. The fraction of sp³-hybridized carbons (Fsp3) is 0.160. The number of benzene rings is 3. The molecule has 0 radical (unpaired) electrons. The Morgan fingerprint density at radius 3 is 2.34 bits per heavy atom. The molecule has 3 aromatic carbocycles. The number of aromatic nitrogens is 1. The van der Waals surface area contributed by atoms with Crippen LogP contribution in [0.3, 0.4) is 0 Å². The van der Waals surface area contributed by atoms with Gasteiger partial charge in [0.25, 0.3) is 0 Å². The number of aromatic hydroxyl groups is 1. The Morgan fingerprint density at radius 1 is 1.00 bits per heavy atom. The van der Waals surface area contributed by atoms with Gasteiger partial charge < -0.3 is 14.4 Å². The average molecular weight is 448 g/mol. The van der Waals surface area contributed by atoms with Gasteiger partial charge in [0.1, 0.15) is 5.75 Å². The molecule has 1 aromatic heterocycles. The summed E-state index contributed by atoms with van der Waals surface area (Å²) in [7, 11) is 0. The van der Waals surface area contributed by atoms with E-state index in [2.05, 4.69) is 10.2 Å². The van der Waals surface area contributed by atoms with Gasteiger partial charge in [0.05, 0.1) is 12.1 Å². The lowest BCUT2D eigenvalue weighted by Gasteiger charge is -2.07. The lowest BCUT2D eigenvalue weighted by atomic mass is 10.1. The second kappa shape index (κ2) is 9.24. The Hall–Kier alpha value is -3.64. The first kappa shape index (κ1) is 21.6. The van der Waals surface area contributed by atoms with Crippen LogP contribution in [0, 0.1) is 13.8 Å². The molecule has 0 aliphatic carbocycles. The zero-order valence-electron chi connectivity index (χ0n) is 17.7. The quantitative estimate of drug-likeness (QED) is 0.349. The molecule has 1 amide bonds. The minimum atomic E-state index is -0.563. The third-order valence-corrected chi connectivity index (χ3v) is 5.31. The van der Waals surface area contributed by atoms with Gasteiger partial charge in [-0.1, -0.05) is 59.1 Å². The zero-order valence-corrected chi connectivity index (χ0v) is 18.5. The van der Waals surface area contributed by atoms with E-state index in [9.17, 15) is 9.90 Å². The van der Waals surface area contributed by atoms with Crippen LogP contribution in [0.5, 0.6) is 11.6 Å². The van der Waals surface area contributed by atoms with Crippen LogP contribution >= 0.6 is 11.6 Å². The van der Waals surface area contributed by atoms with Gasteiger partial charge >= 0.3 is 5.91 Å². The lowest BCUT2D eigenvalue weighted by Crippen LogP contribution is -2.07. The second-order valence-electron chi connectivity index (χ2n) is 7.60. The SMILES string of the molecule is Cc1ccc(Cn2c(O)c(N=NC(=O)COc3ccc(C)cc3)c3cc(Cl)ccc32)cc1. The van der Waals surface area contributed by atoms with E-state index in [4.69, 9.17) is 16.3 Å². The van der Waals surface area contributed by atoms with E-state index < -0.39 is 5.91 Å². The van der Waals surface area contributed by atoms with Crippen molar-refractivity contribution in [1.29, 1.82) is 0 Å². The maximum Gasteiger partial charge on any atom is 0.302 e. The molecule has 1 heterocycles. The van der Waals surface area contributed by atoms with E-state index in [1.807, 2.05) is 56.3 Å². The van der Waals surface area contributed by atoms with Crippen molar-refractivity contribution >= 4 is 34.1 Å². The fourth-order valence-electron chi connectivity index (χ4n) is 3.34. The van der Waals surface area contributed by atoms with E-state index in [1.165, 1.54) is 0 Å². The van der Waals surface area contributed by atoms with Crippen LogP contribution in [0.15, 0.2) is 77.0 Å². The molecule has 6 nitrogen and oxygen atoms in total. The minimum Gasteiger partial charge on any atom is -0.493 e. The van der Waals surface area contributed by atoms with Gasteiger partial charge in [-0.3, -0.25) is 4.79 Å². The molecule has 0 bridgehead atoms. The number of nitrogens with zero attached hydrogens (tertiary/aromatic N) is 3. The number of carbonyl (C=O) groups is 1. The van der Waals surface area contributed by atoms with Gasteiger partial charge in [-0.2, -0.15) is 0 Å². The van der Waals surface area contributed by atoms with Gasteiger partial charge in [-0.15, -0.1) is 10.2 Å². The summed E-state index contributed by atoms with van der Waals surface area (Å²) in [5.41, 5.74) is 4.20. The fourth-order valence-corrected chi connectivity index (χ4v) is 3.52. The Kier molecular flexibility index (Phi) is 6.23. The summed E-state index contributed by atoms with van der Waals surface area (Å²) in [4.78, 5) is 12.2. The molecule has 0 atom stereocenters. The van der Waals surface area contributed by atoms with Gasteiger partial charge in [0.2, 0.25) is 5.88 Å². The highest BCUT2D eigenvalue weighted by Gasteiger charge is 2.18. The smallest absolute Gasteiger partial charge is 0.302 e. The van der Waals surface area contributed by atoms with Gasteiger partial charge in [0, 0.05) is 10.4 Å². The molecule has 0 aliphatic rings. The first-order valence-electron chi connectivity index (χ1n) is 10.1. The number of carbonyl (C=O) groups excluding carboxylic acids is 1. The van der Waals surface area contributed by atoms with Crippen molar-refractivity contribution in [3.05, 3.63) is 88.4 Å². The highest BCUT2D eigenvalue weighted by molar-refractivity contribution is 6.31. The van der Waals surface area contributed by atoms with Crippen LogP contribution in [0.2, 0.25) is 5.02 Å². The number of hydrogen-bond donors (Lipinski definition) is 1. The molecule has 32 heavy (non-hydrogen) atoms. The standard InChI is InChI=1S/C25H22ClN3O3/c1-16-3-7-18(8-4-16)14-29-22-12-9-19(26)13-21(22)24(25(29)31)28-27-23(30)15-32-20-10-5-17(2)6-11-20/h3-13,31H,14-15H2,1-2H3. The molecular weight excluding hydrogens is 426 g/mol. The Morgan fingerprint density at radius 2 is 1.66 bits per heavy atom. The van der Waals surface area contributed by atoms with E-state index in [0.717, 1.165) is 22.2 Å². The zero-order chi connectivity index (χ0) is 22.7. The number of azo groups is 1. The molecule has 0 saturated carbocycles. The maximum atomic E-state index is 12.2. The Labute approximate surface area is 190 Å². The summed E-state index contributed by atoms with van der Waals surface area (Å²) in [5.74, 6) is -0.0752. The van der Waals surface area contributed by atoms with Gasteiger partial charge in [-0.05, 0) is 49.7 Å². The molecule has 0 aliphatic heterocycles. The molecule has 4 rings (SSSR count). The first-order valence-corrected chi connectivity index (χ1v) is 10.5. The molecule has 1 N–H and O–H groups in total. The first-order chi connectivity index (χ1) is 15.4. The van der Waals surface area contributed by atoms with Crippen molar-refractivity contribution in [3.63, 3.8) is 0 Å². The number of ether oxygens (including phenoxy) is 1. The van der Waals surface area contributed by atoms with Crippen molar-refractivity contribution in [1.82, 2.24) is 4.57 Å². The van der Waals surface area contributed by atoms with Crippen LogP contribution < -0.4 is 4.74 Å². The number of fused-ring (bicyclic) bond motifs is 1. The number of halogens is 1. The highest BCUT2D eigenvalue weighted by atomic mass is 35.5. The van der Waals surface area contributed by atoms with Crippen LogP contribution in [0.25, 0.3) is 10.9 Å². The molecule has 0 saturated heterocycles. The van der Waals surface area contributed by atoms with Gasteiger partial charge in [0.15, 0.2) is 12.3 Å². The van der Waals surface area contributed by atoms with Crippen molar-refractivity contribution in [2.45, 2.75) is 20.4 Å². The monoisotopic (exact) mass is 447 g/mol. The maximum absolute atomic E-state index is 12.2. The summed E-state index contributed by atoms with van der Waals surface area (Å²) in [5, 5.41) is 19.8. The summed E-state index contributed by atoms with van der Waals surface area (Å²) >= 11 is 6.17. The molecule has 4 aromatic rings. The molecule has 162 valence electrons.